The van der Waals surface area contributed by atoms with Crippen LogP contribution in [0, 0.1) is 0 Å². The third-order valence-corrected chi connectivity index (χ3v) is 4.50. The van der Waals surface area contributed by atoms with Gasteiger partial charge in [0.05, 0.1) is 13.2 Å². The summed E-state index contributed by atoms with van der Waals surface area (Å²) in [5.41, 5.74) is 0. The minimum Gasteiger partial charge on any atom is -0.395 e. The molecule has 0 fully saturated rings. The molecule has 0 saturated carbocycles. The lowest BCUT2D eigenvalue weighted by atomic mass is 10.6. The van der Waals surface area contributed by atoms with Gasteiger partial charge >= 0.3 is 7.67 Å². The zero-order valence-electron chi connectivity index (χ0n) is 9.36. The van der Waals surface area contributed by atoms with Crippen LogP contribution in [-0.4, -0.2) is 54.4 Å². The average molecular weight is 293 g/mol. The van der Waals surface area contributed by atoms with Gasteiger partial charge in [0.25, 0.3) is 0 Å². The zero-order valence-corrected chi connectivity index (χ0v) is 11.8. The first-order valence-electron chi connectivity index (χ1n) is 5.12. The summed E-state index contributed by atoms with van der Waals surface area (Å²) in [5.74, 6) is 0.684. The van der Waals surface area contributed by atoms with E-state index in [1.165, 1.54) is 0 Å². The first-order chi connectivity index (χ1) is 7.64. The first kappa shape index (κ1) is 16.6. The topological polar surface area (TPSA) is 61.8 Å². The molecule has 0 aliphatic heterocycles. The number of nitrogens with zero attached hydrogens (tertiary/aromatic N) is 1. The quantitative estimate of drug-likeness (QED) is 0.472. The van der Waals surface area contributed by atoms with E-state index in [4.69, 9.17) is 32.8 Å². The average Bonchev–Trinajstić information content (AvgIpc) is 2.26. The standard InChI is InChI=1S/C8H19Cl2N2O3P/c1-2-15-16(14,11-5-8-13)12(6-3-9)7-4-10/h13H,2-8H2,1H3,(H,11,14). The minimum absolute atomic E-state index is 0.105. The van der Waals surface area contributed by atoms with Crippen molar-refractivity contribution in [3.05, 3.63) is 0 Å². The van der Waals surface area contributed by atoms with Crippen molar-refractivity contribution in [2.75, 3.05) is 44.6 Å². The lowest BCUT2D eigenvalue weighted by molar-refractivity contribution is 0.256. The molecule has 0 spiro atoms. The summed E-state index contributed by atoms with van der Waals surface area (Å²) >= 11 is 11.3. The van der Waals surface area contributed by atoms with Gasteiger partial charge in [0, 0.05) is 31.4 Å². The molecule has 0 saturated heterocycles. The van der Waals surface area contributed by atoms with Gasteiger partial charge in [-0.15, -0.1) is 23.2 Å². The summed E-state index contributed by atoms with van der Waals surface area (Å²) in [6, 6.07) is 0. The van der Waals surface area contributed by atoms with Gasteiger partial charge in [-0.05, 0) is 6.92 Å². The Labute approximate surface area is 107 Å². The van der Waals surface area contributed by atoms with Crippen LogP contribution in [0.3, 0.4) is 0 Å². The number of hydrogen-bond donors (Lipinski definition) is 2. The lowest BCUT2D eigenvalue weighted by Crippen LogP contribution is -2.33. The Balaban J connectivity index is 4.58. The maximum atomic E-state index is 12.4. The molecule has 2 N–H and O–H groups in total. The van der Waals surface area contributed by atoms with E-state index in [2.05, 4.69) is 5.09 Å². The number of rotatable bonds is 10. The Bertz CT molecular complexity index is 215. The number of alkyl halides is 2. The van der Waals surface area contributed by atoms with Crippen molar-refractivity contribution in [3.63, 3.8) is 0 Å². The van der Waals surface area contributed by atoms with Crippen LogP contribution in [-0.2, 0) is 9.09 Å². The molecule has 1 unspecified atom stereocenters. The SMILES string of the molecule is CCOP(=O)(NCCO)N(CCCl)CCCl. The number of nitrogens with one attached hydrogen (secondary N) is 1. The normalized spacial score (nSPS) is 15.3. The van der Waals surface area contributed by atoms with E-state index in [-0.39, 0.29) is 13.2 Å². The molecule has 5 nitrogen and oxygen atoms in total. The van der Waals surface area contributed by atoms with Crippen LogP contribution in [0.4, 0.5) is 0 Å². The van der Waals surface area contributed by atoms with Crippen LogP contribution in [0.2, 0.25) is 0 Å². The van der Waals surface area contributed by atoms with Crippen LogP contribution in [0.5, 0.6) is 0 Å². The molecule has 1 atom stereocenters. The second kappa shape index (κ2) is 9.66. The molecular formula is C8H19Cl2N2O3P. The van der Waals surface area contributed by atoms with Gasteiger partial charge in [-0.3, -0.25) is 4.57 Å². The molecule has 0 aromatic carbocycles. The van der Waals surface area contributed by atoms with Crippen LogP contribution >= 0.6 is 30.9 Å². The van der Waals surface area contributed by atoms with Gasteiger partial charge in [0.15, 0.2) is 0 Å². The summed E-state index contributed by atoms with van der Waals surface area (Å²) in [6.07, 6.45) is 0. The van der Waals surface area contributed by atoms with Crippen molar-refractivity contribution in [3.8, 4) is 0 Å². The molecular weight excluding hydrogens is 274 g/mol. The maximum absolute atomic E-state index is 12.4. The molecule has 0 heterocycles. The van der Waals surface area contributed by atoms with Gasteiger partial charge in [-0.2, -0.15) is 0 Å². The summed E-state index contributed by atoms with van der Waals surface area (Å²) in [6.45, 7) is 3.02. The largest absolute Gasteiger partial charge is 0.395 e. The fraction of sp³-hybridized carbons (Fsp3) is 1.00. The fourth-order valence-corrected chi connectivity index (χ4v) is 3.72. The van der Waals surface area contributed by atoms with Gasteiger partial charge in [0.1, 0.15) is 0 Å². The number of hydrogen-bond acceptors (Lipinski definition) is 3. The Morgan fingerprint density at radius 2 is 1.94 bits per heavy atom. The molecule has 8 heteroatoms. The highest BCUT2D eigenvalue weighted by Gasteiger charge is 2.30. The van der Waals surface area contributed by atoms with E-state index >= 15 is 0 Å². The molecule has 0 aliphatic carbocycles. The van der Waals surface area contributed by atoms with Crippen molar-refractivity contribution >= 4 is 30.9 Å². The monoisotopic (exact) mass is 292 g/mol. The van der Waals surface area contributed by atoms with Crippen molar-refractivity contribution < 1.29 is 14.2 Å². The van der Waals surface area contributed by atoms with E-state index < -0.39 is 7.67 Å². The summed E-state index contributed by atoms with van der Waals surface area (Å²) in [5, 5.41) is 11.4. The second-order valence-corrected chi connectivity index (χ2v) is 5.84. The molecule has 98 valence electrons. The first-order valence-corrected chi connectivity index (χ1v) is 7.77. The van der Waals surface area contributed by atoms with Crippen LogP contribution in [0.15, 0.2) is 0 Å². The molecule has 0 radical (unpaired) electrons. The van der Waals surface area contributed by atoms with E-state index in [0.717, 1.165) is 0 Å². The van der Waals surface area contributed by atoms with Gasteiger partial charge in [0.2, 0.25) is 0 Å². The van der Waals surface area contributed by atoms with Gasteiger partial charge in [-0.1, -0.05) is 0 Å². The Morgan fingerprint density at radius 3 is 2.31 bits per heavy atom. The van der Waals surface area contributed by atoms with Crippen LogP contribution < -0.4 is 5.09 Å². The molecule has 0 aromatic heterocycles. The fourth-order valence-electron chi connectivity index (χ4n) is 1.16. The Kier molecular flexibility index (Phi) is 10.0. The van der Waals surface area contributed by atoms with Gasteiger partial charge < -0.3 is 9.63 Å². The van der Waals surface area contributed by atoms with E-state index in [0.29, 0.717) is 31.5 Å². The smallest absolute Gasteiger partial charge is 0.343 e. The molecule has 0 aliphatic rings. The zero-order chi connectivity index (χ0) is 12.4. The number of halogens is 2. The van der Waals surface area contributed by atoms with Crippen molar-refractivity contribution in [1.29, 1.82) is 0 Å². The third-order valence-electron chi connectivity index (χ3n) is 1.79. The molecule has 0 aromatic rings. The minimum atomic E-state index is -3.12. The highest BCUT2D eigenvalue weighted by atomic mass is 35.5. The number of aliphatic hydroxyl groups excluding tert-OH is 1. The van der Waals surface area contributed by atoms with Gasteiger partial charge in [-0.25, -0.2) is 9.76 Å². The predicted octanol–water partition coefficient (Wildman–Crippen LogP) is 1.49. The summed E-state index contributed by atoms with van der Waals surface area (Å²) < 4.78 is 19.2. The molecule has 0 bridgehead atoms. The van der Waals surface area contributed by atoms with Crippen molar-refractivity contribution in [2.24, 2.45) is 0 Å². The van der Waals surface area contributed by atoms with E-state index in [1.807, 2.05) is 0 Å². The third kappa shape index (κ3) is 5.82. The van der Waals surface area contributed by atoms with Crippen LogP contribution in [0.25, 0.3) is 0 Å². The predicted molar refractivity (Wildman–Crippen MR) is 67.3 cm³/mol. The van der Waals surface area contributed by atoms with E-state index in [9.17, 15) is 4.57 Å². The maximum Gasteiger partial charge on any atom is 0.343 e. The Hall–Kier alpha value is 0.650. The molecule has 0 rings (SSSR count). The molecule has 16 heavy (non-hydrogen) atoms. The summed E-state index contributed by atoms with van der Waals surface area (Å²) in [4.78, 5) is 0. The van der Waals surface area contributed by atoms with Crippen LogP contribution in [0.1, 0.15) is 6.92 Å². The van der Waals surface area contributed by atoms with Crippen molar-refractivity contribution in [1.82, 2.24) is 9.76 Å². The van der Waals surface area contributed by atoms with E-state index in [1.54, 1.807) is 11.6 Å². The Morgan fingerprint density at radius 1 is 1.38 bits per heavy atom. The summed E-state index contributed by atoms with van der Waals surface area (Å²) in [7, 11) is -3.12. The second-order valence-electron chi connectivity index (χ2n) is 2.90. The highest BCUT2D eigenvalue weighted by Crippen LogP contribution is 2.46. The highest BCUT2D eigenvalue weighted by molar-refractivity contribution is 7.54. The number of aliphatic hydroxyl groups is 1. The molecule has 0 amide bonds. The lowest BCUT2D eigenvalue weighted by Gasteiger charge is -2.29. The van der Waals surface area contributed by atoms with Crippen molar-refractivity contribution in [2.45, 2.75) is 6.92 Å².